The molecule has 48 heavy (non-hydrogen) atoms. The van der Waals surface area contributed by atoms with E-state index >= 15 is 0 Å². The van der Waals surface area contributed by atoms with Crippen molar-refractivity contribution in [2.75, 3.05) is 0 Å². The highest BCUT2D eigenvalue weighted by molar-refractivity contribution is 7.26. The Balaban J connectivity index is 1.33. The van der Waals surface area contributed by atoms with Gasteiger partial charge in [0.15, 0.2) is 0 Å². The summed E-state index contributed by atoms with van der Waals surface area (Å²) in [5.41, 5.74) is 3.31. The van der Waals surface area contributed by atoms with Gasteiger partial charge in [-0.15, -0.1) is 22.7 Å². The van der Waals surface area contributed by atoms with Crippen molar-refractivity contribution < 1.29 is 0 Å². The van der Waals surface area contributed by atoms with Gasteiger partial charge in [0.1, 0.15) is 0 Å². The SMILES string of the molecule is CCCCCCCCCCCCCCCCCCCCc1csc2c(CCCCCCCCCCCCCCCCCCCC)csc12. The van der Waals surface area contributed by atoms with Crippen LogP contribution in [0.5, 0.6) is 0 Å². The van der Waals surface area contributed by atoms with Gasteiger partial charge in [0.25, 0.3) is 0 Å². The van der Waals surface area contributed by atoms with Crippen LogP contribution in [0.2, 0.25) is 0 Å². The Kier molecular flexibility index (Phi) is 30.8. The molecule has 2 aromatic heterocycles. The van der Waals surface area contributed by atoms with Crippen molar-refractivity contribution in [3.8, 4) is 0 Å². The highest BCUT2D eigenvalue weighted by Gasteiger charge is 2.10. The lowest BCUT2D eigenvalue weighted by atomic mass is 10.0. The van der Waals surface area contributed by atoms with Crippen LogP contribution in [0.15, 0.2) is 10.8 Å². The average Bonchev–Trinajstić information content (AvgIpc) is 3.70. The third kappa shape index (κ3) is 24.0. The normalized spacial score (nSPS) is 11.8. The third-order valence-corrected chi connectivity index (χ3v) is 13.4. The fraction of sp³-hybridized carbons (Fsp3) is 0.870. The molecule has 2 aromatic rings. The van der Waals surface area contributed by atoms with Crippen molar-refractivity contribution in [1.82, 2.24) is 0 Å². The van der Waals surface area contributed by atoms with Crippen LogP contribution < -0.4 is 0 Å². The molecule has 0 bridgehead atoms. The van der Waals surface area contributed by atoms with E-state index < -0.39 is 0 Å². The van der Waals surface area contributed by atoms with Crippen molar-refractivity contribution in [2.45, 2.75) is 258 Å². The van der Waals surface area contributed by atoms with Crippen LogP contribution in [0, 0.1) is 0 Å². The van der Waals surface area contributed by atoms with Crippen molar-refractivity contribution in [3.63, 3.8) is 0 Å². The van der Waals surface area contributed by atoms with Crippen LogP contribution >= 0.6 is 22.7 Å². The van der Waals surface area contributed by atoms with Gasteiger partial charge >= 0.3 is 0 Å². The Morgan fingerprint density at radius 3 is 0.667 bits per heavy atom. The van der Waals surface area contributed by atoms with E-state index in [9.17, 15) is 0 Å². The number of hydrogen-bond acceptors (Lipinski definition) is 2. The summed E-state index contributed by atoms with van der Waals surface area (Å²) in [6, 6.07) is 0. The molecule has 0 aliphatic carbocycles. The Bertz CT molecular complexity index is 832. The zero-order valence-electron chi connectivity index (χ0n) is 32.8. The highest BCUT2D eigenvalue weighted by atomic mass is 32.1. The summed E-state index contributed by atoms with van der Waals surface area (Å²) in [7, 11) is 0. The van der Waals surface area contributed by atoms with Gasteiger partial charge in [-0.2, -0.15) is 0 Å². The maximum absolute atomic E-state index is 2.49. The number of fused-ring (bicyclic) bond motifs is 1. The second-order valence-electron chi connectivity index (χ2n) is 15.7. The maximum atomic E-state index is 2.49. The molecule has 0 aromatic carbocycles. The number of hydrogen-bond donors (Lipinski definition) is 0. The number of thiophene rings is 2. The number of unbranched alkanes of at least 4 members (excludes halogenated alkanes) is 34. The highest BCUT2D eigenvalue weighted by Crippen LogP contribution is 2.36. The third-order valence-electron chi connectivity index (χ3n) is 11.0. The monoisotopic (exact) mass is 701 g/mol. The van der Waals surface area contributed by atoms with E-state index in [2.05, 4.69) is 24.6 Å². The summed E-state index contributed by atoms with van der Waals surface area (Å²) in [5, 5.41) is 4.99. The lowest BCUT2D eigenvalue weighted by Gasteiger charge is -2.04. The van der Waals surface area contributed by atoms with Gasteiger partial charge in [-0.1, -0.05) is 232 Å². The molecule has 0 saturated carbocycles. The van der Waals surface area contributed by atoms with Gasteiger partial charge in [0.2, 0.25) is 0 Å². The molecule has 0 atom stereocenters. The fourth-order valence-corrected chi connectivity index (χ4v) is 10.2. The van der Waals surface area contributed by atoms with Gasteiger partial charge in [0.05, 0.1) is 0 Å². The first-order chi connectivity index (χ1) is 23.9. The minimum absolute atomic E-state index is 1.30. The molecule has 2 rings (SSSR count). The Hall–Kier alpha value is -0.340. The molecule has 0 nitrogen and oxygen atoms in total. The lowest BCUT2D eigenvalue weighted by molar-refractivity contribution is 0.525. The molecule has 0 N–H and O–H groups in total. The van der Waals surface area contributed by atoms with Crippen LogP contribution in [-0.2, 0) is 12.8 Å². The van der Waals surface area contributed by atoms with Gasteiger partial charge in [-0.3, -0.25) is 0 Å². The zero-order valence-corrected chi connectivity index (χ0v) is 34.5. The van der Waals surface area contributed by atoms with Crippen molar-refractivity contribution >= 4 is 32.1 Å². The van der Waals surface area contributed by atoms with Gasteiger partial charge in [-0.05, 0) is 47.6 Å². The smallest absolute Gasteiger partial charge is 0.0485 e. The Morgan fingerprint density at radius 1 is 0.271 bits per heavy atom. The molecule has 0 saturated heterocycles. The summed E-state index contributed by atoms with van der Waals surface area (Å²) in [6.07, 6.45) is 55.1. The largest absolute Gasteiger partial charge is 0.142 e. The molecule has 0 aliphatic rings. The van der Waals surface area contributed by atoms with E-state index in [1.54, 1.807) is 20.5 Å². The molecule has 0 amide bonds. The summed E-state index contributed by atoms with van der Waals surface area (Å²) < 4.78 is 3.26. The van der Waals surface area contributed by atoms with Gasteiger partial charge < -0.3 is 0 Å². The molecule has 0 unspecified atom stereocenters. The van der Waals surface area contributed by atoms with Gasteiger partial charge in [-0.25, -0.2) is 0 Å². The van der Waals surface area contributed by atoms with Crippen LogP contribution in [0.1, 0.15) is 256 Å². The van der Waals surface area contributed by atoms with Crippen molar-refractivity contribution in [2.24, 2.45) is 0 Å². The van der Waals surface area contributed by atoms with Crippen molar-refractivity contribution in [3.05, 3.63) is 21.9 Å². The summed E-state index contributed by atoms with van der Waals surface area (Å²) in [5.74, 6) is 0. The second kappa shape index (κ2) is 33.8. The van der Waals surface area contributed by atoms with E-state index in [4.69, 9.17) is 0 Å². The molecule has 2 heterocycles. The molecule has 0 radical (unpaired) electrons. The first-order valence-electron chi connectivity index (χ1n) is 22.3. The minimum atomic E-state index is 1.30. The molecular formula is C46H84S2. The molecule has 280 valence electrons. The predicted octanol–water partition coefficient (Wildman–Crippen LogP) is 18.1. The van der Waals surface area contributed by atoms with E-state index in [0.29, 0.717) is 0 Å². The molecule has 0 fully saturated rings. The average molecular weight is 701 g/mol. The molecule has 2 heteroatoms. The van der Waals surface area contributed by atoms with E-state index in [-0.39, 0.29) is 0 Å². The maximum Gasteiger partial charge on any atom is 0.0485 e. The van der Waals surface area contributed by atoms with E-state index in [1.807, 2.05) is 22.7 Å². The van der Waals surface area contributed by atoms with E-state index in [0.717, 1.165) is 0 Å². The van der Waals surface area contributed by atoms with Crippen molar-refractivity contribution in [1.29, 1.82) is 0 Å². The zero-order chi connectivity index (χ0) is 34.0. The summed E-state index contributed by atoms with van der Waals surface area (Å²) in [4.78, 5) is 0. The van der Waals surface area contributed by atoms with E-state index in [1.165, 1.54) is 244 Å². The molecule has 0 spiro atoms. The topological polar surface area (TPSA) is 0 Å². The van der Waals surface area contributed by atoms with Crippen LogP contribution in [0.3, 0.4) is 0 Å². The summed E-state index contributed by atoms with van der Waals surface area (Å²) in [6.45, 7) is 4.62. The fourth-order valence-electron chi connectivity index (χ4n) is 7.70. The standard InChI is InChI=1S/C46H84S2/c1-3-5-7-9-11-13-15-17-19-21-23-25-27-29-31-33-35-37-39-43-41-47-46-44(42-48-45(43)46)40-38-36-34-32-30-28-26-24-22-20-18-16-14-12-10-8-6-4-2/h41-42H,3-40H2,1-2H3. The number of aryl methyl sites for hydroxylation is 2. The second-order valence-corrected chi connectivity index (χ2v) is 17.5. The predicted molar refractivity (Wildman–Crippen MR) is 225 cm³/mol. The molecule has 0 aliphatic heterocycles. The summed E-state index contributed by atoms with van der Waals surface area (Å²) >= 11 is 4.07. The Morgan fingerprint density at radius 2 is 0.458 bits per heavy atom. The van der Waals surface area contributed by atoms with Crippen LogP contribution in [-0.4, -0.2) is 0 Å². The lowest BCUT2D eigenvalue weighted by Crippen LogP contribution is -1.86. The number of rotatable bonds is 38. The quantitative estimate of drug-likeness (QED) is 0.0612. The minimum Gasteiger partial charge on any atom is -0.142 e. The first kappa shape index (κ1) is 43.8. The Labute approximate surface area is 310 Å². The first-order valence-corrected chi connectivity index (χ1v) is 24.1. The van der Waals surface area contributed by atoms with Crippen LogP contribution in [0.4, 0.5) is 0 Å². The van der Waals surface area contributed by atoms with Gasteiger partial charge in [0, 0.05) is 9.40 Å². The van der Waals surface area contributed by atoms with Crippen LogP contribution in [0.25, 0.3) is 9.40 Å². The molecular weight excluding hydrogens is 617 g/mol.